The van der Waals surface area contributed by atoms with Crippen molar-refractivity contribution in [1.82, 2.24) is 9.88 Å². The Kier molecular flexibility index (Phi) is 4.00. The van der Waals surface area contributed by atoms with Crippen LogP contribution in [0.1, 0.15) is 33.4 Å². The highest BCUT2D eigenvalue weighted by atomic mass is 32.1. The summed E-state index contributed by atoms with van der Waals surface area (Å²) < 4.78 is 0. The lowest BCUT2D eigenvalue weighted by molar-refractivity contribution is -0.141. The van der Waals surface area contributed by atoms with Gasteiger partial charge in [0.05, 0.1) is 4.88 Å². The first kappa shape index (κ1) is 15.4. The minimum atomic E-state index is -1.02. The highest BCUT2D eigenvalue weighted by Gasteiger charge is 2.26. The number of likely N-dealkylation sites (N-methyl/N-ethyl adjacent to an activating group) is 1. The molecule has 0 aliphatic heterocycles. The summed E-state index contributed by atoms with van der Waals surface area (Å²) in [4.78, 5) is 30.7. The Labute approximate surface area is 127 Å². The second-order valence-corrected chi connectivity index (χ2v) is 6.25. The van der Waals surface area contributed by atoms with Crippen LogP contribution in [0.4, 0.5) is 0 Å². The topological polar surface area (TPSA) is 70.5 Å². The lowest BCUT2D eigenvalue weighted by atomic mass is 10.1. The maximum Gasteiger partial charge on any atom is 0.326 e. The van der Waals surface area contributed by atoms with Crippen molar-refractivity contribution in [2.45, 2.75) is 33.7 Å². The fraction of sp³-hybridized carbons (Fsp3) is 0.400. The molecule has 5 nitrogen and oxygen atoms in total. The number of carboxylic acids is 1. The Morgan fingerprint density at radius 2 is 1.95 bits per heavy atom. The molecular weight excluding hydrogens is 288 g/mol. The van der Waals surface area contributed by atoms with Gasteiger partial charge in [-0.1, -0.05) is 0 Å². The summed E-state index contributed by atoms with van der Waals surface area (Å²) in [6, 6.07) is 1.12. The second-order valence-electron chi connectivity index (χ2n) is 5.25. The van der Waals surface area contributed by atoms with Crippen LogP contribution in [0.3, 0.4) is 0 Å². The van der Waals surface area contributed by atoms with E-state index in [1.54, 1.807) is 0 Å². The van der Waals surface area contributed by atoms with Crippen molar-refractivity contribution in [2.24, 2.45) is 0 Å². The lowest BCUT2D eigenvalue weighted by Gasteiger charge is -2.21. The number of aryl methyl sites for hydroxylation is 3. The van der Waals surface area contributed by atoms with Gasteiger partial charge < -0.3 is 10.0 Å². The van der Waals surface area contributed by atoms with Crippen molar-refractivity contribution in [3.8, 4) is 0 Å². The Balaban J connectivity index is 2.52. The number of rotatable bonds is 3. The van der Waals surface area contributed by atoms with Gasteiger partial charge in [-0.15, -0.1) is 11.3 Å². The number of aliphatic carboxylic acids is 1. The third kappa shape index (κ3) is 2.63. The van der Waals surface area contributed by atoms with Crippen LogP contribution < -0.4 is 0 Å². The molecule has 0 radical (unpaired) electrons. The number of thiophene rings is 1. The van der Waals surface area contributed by atoms with Crippen LogP contribution in [0.15, 0.2) is 6.07 Å². The van der Waals surface area contributed by atoms with Gasteiger partial charge in [0.15, 0.2) is 0 Å². The van der Waals surface area contributed by atoms with E-state index in [-0.39, 0.29) is 5.91 Å². The second kappa shape index (κ2) is 5.44. The van der Waals surface area contributed by atoms with Crippen LogP contribution in [0, 0.1) is 20.8 Å². The van der Waals surface area contributed by atoms with E-state index in [9.17, 15) is 9.59 Å². The van der Waals surface area contributed by atoms with E-state index in [4.69, 9.17) is 5.11 Å². The summed E-state index contributed by atoms with van der Waals surface area (Å²) in [6.45, 7) is 7.29. The average Bonchev–Trinajstić information content (AvgIpc) is 2.73. The van der Waals surface area contributed by atoms with Gasteiger partial charge >= 0.3 is 5.97 Å². The number of nitrogens with zero attached hydrogens (tertiary/aromatic N) is 2. The first-order valence-corrected chi connectivity index (χ1v) is 7.43. The number of hydrogen-bond acceptors (Lipinski definition) is 4. The van der Waals surface area contributed by atoms with Crippen molar-refractivity contribution in [2.75, 3.05) is 7.05 Å². The minimum absolute atomic E-state index is 0.276. The Morgan fingerprint density at radius 1 is 1.33 bits per heavy atom. The standard InChI is InChI=1S/C15H18N2O3S/c1-7-6-8(2)16-13-11(7)9(3)12(21-13)14(18)17(5)10(4)15(19)20/h6,10H,1-5H3,(H,19,20)/t10-/m0/s1. The van der Waals surface area contributed by atoms with Crippen molar-refractivity contribution in [3.05, 3.63) is 27.8 Å². The molecule has 2 heterocycles. The quantitative estimate of drug-likeness (QED) is 0.946. The van der Waals surface area contributed by atoms with Gasteiger partial charge in [0, 0.05) is 18.1 Å². The molecule has 1 amide bonds. The highest BCUT2D eigenvalue weighted by Crippen LogP contribution is 2.33. The van der Waals surface area contributed by atoms with Crippen LogP contribution in [0.2, 0.25) is 0 Å². The van der Waals surface area contributed by atoms with Crippen LogP contribution in [0.5, 0.6) is 0 Å². The maximum absolute atomic E-state index is 12.5. The Bertz CT molecular complexity index is 736. The van der Waals surface area contributed by atoms with Crippen LogP contribution in [-0.4, -0.2) is 40.0 Å². The molecular formula is C15H18N2O3S. The summed E-state index contributed by atoms with van der Waals surface area (Å²) >= 11 is 1.32. The predicted octanol–water partition coefficient (Wildman–Crippen LogP) is 2.77. The number of carboxylic acid groups (broad SMARTS) is 1. The highest BCUT2D eigenvalue weighted by molar-refractivity contribution is 7.20. The lowest BCUT2D eigenvalue weighted by Crippen LogP contribution is -2.40. The summed E-state index contributed by atoms with van der Waals surface area (Å²) in [5.74, 6) is -1.29. The third-order valence-corrected chi connectivity index (χ3v) is 4.85. The average molecular weight is 306 g/mol. The van der Waals surface area contributed by atoms with E-state index < -0.39 is 12.0 Å². The van der Waals surface area contributed by atoms with Crippen molar-refractivity contribution in [3.63, 3.8) is 0 Å². The van der Waals surface area contributed by atoms with Crippen LogP contribution >= 0.6 is 11.3 Å². The number of pyridine rings is 1. The zero-order valence-electron chi connectivity index (χ0n) is 12.7. The largest absolute Gasteiger partial charge is 0.480 e. The number of carbonyl (C=O) groups excluding carboxylic acids is 1. The maximum atomic E-state index is 12.5. The molecule has 2 aromatic rings. The molecule has 0 aliphatic carbocycles. The van der Waals surface area contributed by atoms with Gasteiger partial charge in [0.25, 0.3) is 5.91 Å². The van der Waals surface area contributed by atoms with Gasteiger partial charge in [-0.25, -0.2) is 9.78 Å². The van der Waals surface area contributed by atoms with Crippen LogP contribution in [-0.2, 0) is 4.79 Å². The SMILES string of the molecule is Cc1cc(C)c2c(C)c(C(=O)N(C)[C@@H](C)C(=O)O)sc2n1. The first-order chi connectivity index (χ1) is 9.73. The third-order valence-electron chi connectivity index (χ3n) is 3.68. The van der Waals surface area contributed by atoms with Gasteiger partial charge in [-0.2, -0.15) is 0 Å². The summed E-state index contributed by atoms with van der Waals surface area (Å²) in [6.07, 6.45) is 0. The molecule has 0 aliphatic rings. The molecule has 21 heavy (non-hydrogen) atoms. The van der Waals surface area contributed by atoms with Gasteiger partial charge in [0.2, 0.25) is 0 Å². The van der Waals surface area contributed by atoms with E-state index >= 15 is 0 Å². The van der Waals surface area contributed by atoms with E-state index in [0.717, 1.165) is 27.0 Å². The number of amides is 1. The molecule has 2 aromatic heterocycles. The number of hydrogen-bond donors (Lipinski definition) is 1. The summed E-state index contributed by atoms with van der Waals surface area (Å²) in [7, 11) is 1.51. The van der Waals surface area contributed by atoms with E-state index in [2.05, 4.69) is 4.98 Å². The smallest absolute Gasteiger partial charge is 0.326 e. The molecule has 112 valence electrons. The Morgan fingerprint density at radius 3 is 2.52 bits per heavy atom. The minimum Gasteiger partial charge on any atom is -0.480 e. The number of carbonyl (C=O) groups is 2. The molecule has 0 spiro atoms. The normalized spacial score (nSPS) is 12.4. The predicted molar refractivity (Wildman–Crippen MR) is 83.0 cm³/mol. The summed E-state index contributed by atoms with van der Waals surface area (Å²) in [5.41, 5.74) is 2.86. The van der Waals surface area contributed by atoms with Gasteiger partial charge in [-0.05, 0) is 44.9 Å². The van der Waals surface area contributed by atoms with E-state index in [1.165, 1.54) is 30.2 Å². The molecule has 6 heteroatoms. The molecule has 0 fully saturated rings. The van der Waals surface area contributed by atoms with Crippen LogP contribution in [0.25, 0.3) is 10.2 Å². The van der Waals surface area contributed by atoms with Crippen molar-refractivity contribution in [1.29, 1.82) is 0 Å². The molecule has 0 saturated carbocycles. The Hall–Kier alpha value is -1.95. The van der Waals surface area contributed by atoms with Crippen molar-refractivity contribution >= 4 is 33.4 Å². The summed E-state index contributed by atoms with van der Waals surface area (Å²) in [5, 5.41) is 10.0. The van der Waals surface area contributed by atoms with Crippen molar-refractivity contribution < 1.29 is 14.7 Å². The van der Waals surface area contributed by atoms with Gasteiger partial charge in [0.1, 0.15) is 10.9 Å². The van der Waals surface area contributed by atoms with E-state index in [1.807, 2.05) is 26.8 Å². The molecule has 1 N–H and O–H groups in total. The van der Waals surface area contributed by atoms with Gasteiger partial charge in [-0.3, -0.25) is 4.79 Å². The molecule has 1 atom stereocenters. The fourth-order valence-electron chi connectivity index (χ4n) is 2.33. The molecule has 0 unspecified atom stereocenters. The molecule has 2 rings (SSSR count). The fourth-order valence-corrected chi connectivity index (χ4v) is 3.61. The molecule has 0 aromatic carbocycles. The first-order valence-electron chi connectivity index (χ1n) is 6.61. The monoisotopic (exact) mass is 306 g/mol. The number of aromatic nitrogens is 1. The molecule has 0 bridgehead atoms. The zero-order chi connectivity index (χ0) is 15.9. The zero-order valence-corrected chi connectivity index (χ0v) is 13.5. The molecule has 0 saturated heterocycles. The number of fused-ring (bicyclic) bond motifs is 1. The van der Waals surface area contributed by atoms with E-state index in [0.29, 0.717) is 4.88 Å².